The number of hydrogen-bond acceptors (Lipinski definition) is 8. The number of nitrogens with zero attached hydrogens (tertiary/aromatic N) is 5. The number of aromatic nitrogens is 2. The molecule has 2 saturated carbocycles. The molecule has 2 N–H and O–H groups in total. The van der Waals surface area contributed by atoms with Gasteiger partial charge >= 0.3 is 5.84 Å². The van der Waals surface area contributed by atoms with Crippen LogP contribution in [0.3, 0.4) is 0 Å². The summed E-state index contributed by atoms with van der Waals surface area (Å²) in [6, 6.07) is 8.56. The van der Waals surface area contributed by atoms with Gasteiger partial charge in [-0.25, -0.2) is 4.98 Å². The number of nitro groups is 1. The highest BCUT2D eigenvalue weighted by atomic mass is 16.7. The fraction of sp³-hybridized carbons (Fsp3) is 0.655. The number of oxime groups is 1. The molecule has 11 heteroatoms. The number of primary amides is 1. The molecule has 4 atom stereocenters. The van der Waals surface area contributed by atoms with Gasteiger partial charge in [0, 0.05) is 24.2 Å². The van der Waals surface area contributed by atoms with Crippen LogP contribution in [0.4, 0.5) is 0 Å². The number of para-hydroxylation sites is 2. The number of carbonyl (C=O) groups excluding carboxylic acids is 1. The van der Waals surface area contributed by atoms with Crippen molar-refractivity contribution in [3.8, 4) is 0 Å². The highest BCUT2D eigenvalue weighted by molar-refractivity contribution is 5.92. The van der Waals surface area contributed by atoms with E-state index in [1.54, 1.807) is 16.7 Å². The summed E-state index contributed by atoms with van der Waals surface area (Å²) in [4.78, 5) is 48.1. The van der Waals surface area contributed by atoms with Crippen LogP contribution >= 0.6 is 0 Å². The van der Waals surface area contributed by atoms with Crippen LogP contribution in [0.5, 0.6) is 0 Å². The quantitative estimate of drug-likeness (QED) is 0.249. The third kappa shape index (κ3) is 5.23. The first-order valence-electron chi connectivity index (χ1n) is 14.8. The Morgan fingerprint density at radius 2 is 1.65 bits per heavy atom. The van der Waals surface area contributed by atoms with E-state index in [0.717, 1.165) is 37.5 Å². The van der Waals surface area contributed by atoms with Crippen molar-refractivity contribution >= 4 is 22.8 Å². The molecule has 3 heterocycles. The van der Waals surface area contributed by atoms with E-state index >= 15 is 0 Å². The van der Waals surface area contributed by atoms with E-state index in [0.29, 0.717) is 29.2 Å². The maximum Gasteiger partial charge on any atom is 0.441 e. The van der Waals surface area contributed by atoms with Crippen LogP contribution in [0.2, 0.25) is 0 Å². The van der Waals surface area contributed by atoms with Gasteiger partial charge in [-0.3, -0.25) is 19.3 Å². The fourth-order valence-corrected chi connectivity index (χ4v) is 8.29. The summed E-state index contributed by atoms with van der Waals surface area (Å²) in [5, 5.41) is 15.4. The zero-order chi connectivity index (χ0) is 27.8. The van der Waals surface area contributed by atoms with Crippen molar-refractivity contribution in [3.05, 3.63) is 50.4 Å². The minimum atomic E-state index is -0.828. The Morgan fingerprint density at radius 3 is 2.30 bits per heavy atom. The van der Waals surface area contributed by atoms with Gasteiger partial charge in [0.2, 0.25) is 12.3 Å². The lowest BCUT2D eigenvalue weighted by atomic mass is 9.73. The molecule has 6 rings (SSSR count). The molecule has 0 spiro atoms. The highest BCUT2D eigenvalue weighted by Gasteiger charge is 2.45. The van der Waals surface area contributed by atoms with Crippen molar-refractivity contribution < 1.29 is 14.6 Å². The van der Waals surface area contributed by atoms with Crippen LogP contribution in [0, 0.1) is 22.0 Å². The average Bonchev–Trinajstić information content (AvgIpc) is 3.09. The van der Waals surface area contributed by atoms with Gasteiger partial charge in [-0.1, -0.05) is 44.2 Å². The van der Waals surface area contributed by atoms with Crippen molar-refractivity contribution in [2.45, 2.75) is 101 Å². The first-order valence-corrected chi connectivity index (χ1v) is 14.8. The number of fused-ring (bicyclic) bond motifs is 5. The van der Waals surface area contributed by atoms with Crippen molar-refractivity contribution in [3.63, 3.8) is 0 Å². The molecule has 1 aromatic carbocycles. The standard InChI is InChI=1S/C29H38N6O5/c30-26(36)17-40-32-28(35(38)39)27-29(37)34(25-11-4-3-10-24(25)31-27)23-15-20-8-5-9-21(16-23)33(20)22-13-18-6-1-2-7-19(12-18)14-22/h3-4,10-11,18-23H,1-2,5-9,12-17H2,(H2,30,36). The van der Waals surface area contributed by atoms with Gasteiger partial charge in [0.05, 0.1) is 11.0 Å². The van der Waals surface area contributed by atoms with Crippen LogP contribution in [0.25, 0.3) is 11.0 Å². The Balaban J connectivity index is 1.35. The lowest BCUT2D eigenvalue weighted by Gasteiger charge is -2.54. The van der Waals surface area contributed by atoms with Crippen LogP contribution in [0.1, 0.15) is 88.8 Å². The molecule has 4 unspecified atom stereocenters. The Kier molecular flexibility index (Phi) is 7.57. The smallest absolute Gasteiger partial charge is 0.367 e. The van der Waals surface area contributed by atoms with E-state index in [9.17, 15) is 19.7 Å². The Labute approximate surface area is 232 Å². The largest absolute Gasteiger partial charge is 0.441 e. The van der Waals surface area contributed by atoms with Gasteiger partial charge in [0.15, 0.2) is 5.16 Å². The van der Waals surface area contributed by atoms with E-state index < -0.39 is 34.5 Å². The van der Waals surface area contributed by atoms with Crippen LogP contribution in [0.15, 0.2) is 34.2 Å². The summed E-state index contributed by atoms with van der Waals surface area (Å²) in [5.74, 6) is 0.0327. The lowest BCUT2D eigenvalue weighted by Crippen LogP contribution is -2.58. The Morgan fingerprint density at radius 1 is 0.975 bits per heavy atom. The molecule has 11 nitrogen and oxygen atoms in total. The van der Waals surface area contributed by atoms with Crippen molar-refractivity contribution in [2.24, 2.45) is 22.7 Å². The van der Waals surface area contributed by atoms with Gasteiger partial charge in [-0.05, 0) is 73.8 Å². The second kappa shape index (κ2) is 11.3. The van der Waals surface area contributed by atoms with Gasteiger partial charge in [0.25, 0.3) is 11.5 Å². The number of nitrogens with two attached hydrogens (primary N) is 1. The summed E-state index contributed by atoms with van der Waals surface area (Å²) in [7, 11) is 0. The summed E-state index contributed by atoms with van der Waals surface area (Å²) >= 11 is 0. The molecular weight excluding hydrogens is 512 g/mol. The summed E-state index contributed by atoms with van der Waals surface area (Å²) < 4.78 is 1.72. The van der Waals surface area contributed by atoms with E-state index in [1.165, 1.54) is 51.4 Å². The molecule has 1 amide bonds. The fourth-order valence-electron chi connectivity index (χ4n) is 8.29. The highest BCUT2D eigenvalue weighted by Crippen LogP contribution is 2.47. The molecule has 2 aromatic rings. The molecule has 0 radical (unpaired) electrons. The molecule has 1 aromatic heterocycles. The molecule has 4 aliphatic rings. The number of amides is 1. The van der Waals surface area contributed by atoms with Gasteiger partial charge in [0.1, 0.15) is 0 Å². The molecule has 4 fully saturated rings. The first-order chi connectivity index (χ1) is 19.4. The Hall–Kier alpha value is -3.34. The van der Waals surface area contributed by atoms with Gasteiger partial charge < -0.3 is 20.4 Å². The van der Waals surface area contributed by atoms with Crippen molar-refractivity contribution in [2.75, 3.05) is 6.61 Å². The molecular formula is C29H38N6O5. The molecule has 2 aliphatic carbocycles. The predicted molar refractivity (Wildman–Crippen MR) is 149 cm³/mol. The first kappa shape index (κ1) is 26.9. The zero-order valence-corrected chi connectivity index (χ0v) is 22.8. The molecule has 2 saturated heterocycles. The van der Waals surface area contributed by atoms with Gasteiger partial charge in [-0.2, -0.15) is 0 Å². The number of hydrogen-bond donors (Lipinski definition) is 1. The number of rotatable bonds is 6. The minimum absolute atomic E-state index is 0.101. The van der Waals surface area contributed by atoms with Crippen molar-refractivity contribution in [1.82, 2.24) is 14.5 Å². The SMILES string of the molecule is NC(=O)CON=C(c1nc2ccccc2n(C2CC3CCCC(C2)N3C2CC3CCCCC(C3)C2)c1=O)[N+](=O)[O-]. The van der Waals surface area contributed by atoms with Gasteiger partial charge in [-0.15, -0.1) is 0 Å². The lowest BCUT2D eigenvalue weighted by molar-refractivity contribution is -0.351. The molecule has 214 valence electrons. The molecule has 40 heavy (non-hydrogen) atoms. The Bertz CT molecular complexity index is 1350. The molecule has 4 bridgehead atoms. The number of piperidine rings is 2. The van der Waals surface area contributed by atoms with E-state index in [-0.39, 0.29) is 6.04 Å². The summed E-state index contributed by atoms with van der Waals surface area (Å²) in [6.07, 6.45) is 14.5. The average molecular weight is 551 g/mol. The number of carbonyl (C=O) groups is 1. The minimum Gasteiger partial charge on any atom is -0.367 e. The van der Waals surface area contributed by atoms with E-state index in [2.05, 4.69) is 15.0 Å². The van der Waals surface area contributed by atoms with Crippen LogP contribution < -0.4 is 11.3 Å². The maximum atomic E-state index is 14.0. The second-order valence-electron chi connectivity index (χ2n) is 12.2. The summed E-state index contributed by atoms with van der Waals surface area (Å²) in [6.45, 7) is -0.635. The third-order valence-corrected chi connectivity index (χ3v) is 9.68. The van der Waals surface area contributed by atoms with E-state index in [1.807, 2.05) is 12.1 Å². The zero-order valence-electron chi connectivity index (χ0n) is 22.8. The monoisotopic (exact) mass is 550 g/mol. The normalized spacial score (nSPS) is 30.9. The number of benzene rings is 1. The third-order valence-electron chi connectivity index (χ3n) is 9.68. The maximum absolute atomic E-state index is 14.0. The second-order valence-corrected chi connectivity index (χ2v) is 12.2. The number of amidine groups is 1. The topological polar surface area (TPSA) is 146 Å². The predicted octanol–water partition coefficient (Wildman–Crippen LogP) is 3.75. The summed E-state index contributed by atoms with van der Waals surface area (Å²) in [5.41, 5.74) is 5.27. The molecule has 2 aliphatic heterocycles. The van der Waals surface area contributed by atoms with Crippen molar-refractivity contribution in [1.29, 1.82) is 0 Å². The van der Waals surface area contributed by atoms with Crippen LogP contribution in [-0.2, 0) is 9.63 Å². The van der Waals surface area contributed by atoms with E-state index in [4.69, 9.17) is 10.6 Å². The van der Waals surface area contributed by atoms with Crippen LogP contribution in [-0.4, -0.2) is 55.8 Å².